The summed E-state index contributed by atoms with van der Waals surface area (Å²) in [5.74, 6) is -2.05. The van der Waals surface area contributed by atoms with Crippen LogP contribution in [0.5, 0.6) is 0 Å². The van der Waals surface area contributed by atoms with Crippen molar-refractivity contribution in [2.45, 2.75) is 26.3 Å². The number of hydrogen-bond donors (Lipinski definition) is 1. The normalized spacial score (nSPS) is 18.7. The van der Waals surface area contributed by atoms with Gasteiger partial charge in [0.25, 0.3) is 0 Å². The van der Waals surface area contributed by atoms with E-state index < -0.39 is 12.0 Å². The maximum atomic E-state index is 12.6. The van der Waals surface area contributed by atoms with Crippen LogP contribution in [0.25, 0.3) is 6.20 Å². The highest BCUT2D eigenvalue weighted by Crippen LogP contribution is 2.21. The highest BCUT2D eigenvalue weighted by molar-refractivity contribution is 5.91. The fourth-order valence-corrected chi connectivity index (χ4v) is 3.02. The molecule has 1 aromatic heterocycles. The lowest BCUT2D eigenvalue weighted by molar-refractivity contribution is -0.152. The minimum Gasteiger partial charge on any atom is -0.480 e. The van der Waals surface area contributed by atoms with Crippen molar-refractivity contribution in [1.82, 2.24) is 24.6 Å². The lowest BCUT2D eigenvalue weighted by atomic mass is 10.0. The summed E-state index contributed by atoms with van der Waals surface area (Å²) in [6.07, 6.45) is 6.22. The van der Waals surface area contributed by atoms with E-state index in [9.17, 15) is 19.5 Å². The van der Waals surface area contributed by atoms with Crippen molar-refractivity contribution in [3.8, 4) is 0 Å². The van der Waals surface area contributed by atoms with Crippen molar-refractivity contribution in [3.05, 3.63) is 18.7 Å². The third-order valence-corrected chi connectivity index (χ3v) is 4.30. The van der Waals surface area contributed by atoms with E-state index in [0.29, 0.717) is 13.0 Å². The summed E-state index contributed by atoms with van der Waals surface area (Å²) in [6.45, 7) is 4.28. The molecule has 1 aliphatic heterocycles. The molecular formula is C16H23N5O4. The number of nitrogens with zero attached hydrogens (tertiary/aromatic N) is 5. The van der Waals surface area contributed by atoms with Crippen LogP contribution in [0.15, 0.2) is 18.7 Å². The Morgan fingerprint density at radius 1 is 1.36 bits per heavy atom. The molecule has 0 saturated carbocycles. The molecule has 1 aromatic rings. The fourth-order valence-electron chi connectivity index (χ4n) is 3.02. The molecule has 2 amide bonds. The Labute approximate surface area is 145 Å². The van der Waals surface area contributed by atoms with E-state index in [1.807, 2.05) is 0 Å². The standard InChI is InChI=1S/C16H23N5O4/c1-11(2)14(16(24)25)19(3)15(23)12-4-6-20(8-12)13(22)5-7-21-10-17-9-18-21/h5,7,9-12,14H,4,6,8H2,1-3H3,(H,24,25)/b7-5+/t12-,14?/m0/s1. The van der Waals surface area contributed by atoms with Crippen molar-refractivity contribution in [3.63, 3.8) is 0 Å². The van der Waals surface area contributed by atoms with E-state index in [1.54, 1.807) is 18.7 Å². The zero-order valence-electron chi connectivity index (χ0n) is 14.6. The summed E-state index contributed by atoms with van der Waals surface area (Å²) in [4.78, 5) is 42.8. The van der Waals surface area contributed by atoms with Gasteiger partial charge >= 0.3 is 5.97 Å². The van der Waals surface area contributed by atoms with Gasteiger partial charge in [-0.25, -0.2) is 14.5 Å². The van der Waals surface area contributed by atoms with Crippen molar-refractivity contribution in [1.29, 1.82) is 0 Å². The highest BCUT2D eigenvalue weighted by atomic mass is 16.4. The van der Waals surface area contributed by atoms with Crippen molar-refractivity contribution in [2.75, 3.05) is 20.1 Å². The van der Waals surface area contributed by atoms with E-state index in [0.717, 1.165) is 0 Å². The van der Waals surface area contributed by atoms with E-state index >= 15 is 0 Å². The Kier molecular flexibility index (Phi) is 5.89. The number of rotatable bonds is 6. The predicted molar refractivity (Wildman–Crippen MR) is 89.1 cm³/mol. The lowest BCUT2D eigenvalue weighted by Crippen LogP contribution is -2.48. The lowest BCUT2D eigenvalue weighted by Gasteiger charge is -2.29. The Balaban J connectivity index is 1.96. The minimum absolute atomic E-state index is 0.198. The van der Waals surface area contributed by atoms with Crippen LogP contribution in [-0.2, 0) is 14.4 Å². The van der Waals surface area contributed by atoms with Gasteiger partial charge in [-0.3, -0.25) is 9.59 Å². The second-order valence-electron chi connectivity index (χ2n) is 6.44. The number of aromatic nitrogens is 3. The summed E-state index contributed by atoms with van der Waals surface area (Å²) in [6, 6.07) is -0.871. The van der Waals surface area contributed by atoms with Gasteiger partial charge in [-0.05, 0) is 12.3 Å². The maximum Gasteiger partial charge on any atom is 0.326 e. The number of carbonyl (C=O) groups excluding carboxylic acids is 2. The Hall–Kier alpha value is -2.71. The molecule has 0 radical (unpaired) electrons. The molecule has 136 valence electrons. The predicted octanol–water partition coefficient (Wildman–Crippen LogP) is 0.165. The molecule has 1 unspecified atom stereocenters. The minimum atomic E-state index is -1.02. The van der Waals surface area contributed by atoms with Crippen LogP contribution in [-0.4, -0.2) is 73.6 Å². The molecule has 2 atom stereocenters. The molecule has 2 rings (SSSR count). The molecule has 1 N–H and O–H groups in total. The van der Waals surface area contributed by atoms with E-state index in [2.05, 4.69) is 10.1 Å². The second kappa shape index (κ2) is 7.91. The van der Waals surface area contributed by atoms with Crippen LogP contribution >= 0.6 is 0 Å². The first-order chi connectivity index (χ1) is 11.8. The van der Waals surface area contributed by atoms with Gasteiger partial charge in [-0.1, -0.05) is 13.8 Å². The second-order valence-corrected chi connectivity index (χ2v) is 6.44. The van der Waals surface area contributed by atoms with Crippen molar-refractivity contribution >= 4 is 24.0 Å². The van der Waals surface area contributed by atoms with Gasteiger partial charge in [-0.15, -0.1) is 0 Å². The van der Waals surface area contributed by atoms with Crippen molar-refractivity contribution < 1.29 is 19.5 Å². The van der Waals surface area contributed by atoms with Crippen LogP contribution in [0, 0.1) is 11.8 Å². The summed E-state index contributed by atoms with van der Waals surface area (Å²) in [5.41, 5.74) is 0. The van der Waals surface area contributed by atoms with Gasteiger partial charge in [-0.2, -0.15) is 5.10 Å². The van der Waals surface area contributed by atoms with E-state index in [1.165, 1.54) is 41.6 Å². The summed E-state index contributed by atoms with van der Waals surface area (Å²) < 4.78 is 1.41. The molecule has 9 heteroatoms. The van der Waals surface area contributed by atoms with Crippen LogP contribution in [0.4, 0.5) is 0 Å². The quantitative estimate of drug-likeness (QED) is 0.733. The van der Waals surface area contributed by atoms with Crippen LogP contribution < -0.4 is 0 Å². The molecular weight excluding hydrogens is 326 g/mol. The Morgan fingerprint density at radius 2 is 2.08 bits per heavy atom. The smallest absolute Gasteiger partial charge is 0.326 e. The summed E-state index contributed by atoms with van der Waals surface area (Å²) in [5, 5.41) is 13.2. The number of likely N-dealkylation sites (N-methyl/N-ethyl adjacent to an activating group) is 1. The van der Waals surface area contributed by atoms with Crippen LogP contribution in [0.2, 0.25) is 0 Å². The van der Waals surface area contributed by atoms with Gasteiger partial charge in [0.05, 0.1) is 5.92 Å². The third kappa shape index (κ3) is 4.43. The highest BCUT2D eigenvalue weighted by Gasteiger charge is 2.37. The van der Waals surface area contributed by atoms with Crippen LogP contribution in [0.3, 0.4) is 0 Å². The first-order valence-electron chi connectivity index (χ1n) is 8.12. The topological polar surface area (TPSA) is 109 Å². The molecule has 2 heterocycles. The number of amides is 2. The number of carboxylic acid groups (broad SMARTS) is 1. The summed E-state index contributed by atoms with van der Waals surface area (Å²) in [7, 11) is 1.51. The van der Waals surface area contributed by atoms with Crippen LogP contribution in [0.1, 0.15) is 20.3 Å². The van der Waals surface area contributed by atoms with E-state index in [4.69, 9.17) is 0 Å². The molecule has 9 nitrogen and oxygen atoms in total. The van der Waals surface area contributed by atoms with E-state index in [-0.39, 0.29) is 30.2 Å². The number of carbonyl (C=O) groups is 3. The SMILES string of the molecule is CC(C)C(C(=O)O)N(C)C(=O)[C@H]1CCN(C(=O)/C=C/n2cncn2)C1. The number of aliphatic carboxylic acids is 1. The Bertz CT molecular complexity index is 655. The molecule has 0 spiro atoms. The zero-order valence-corrected chi connectivity index (χ0v) is 14.6. The molecule has 0 aromatic carbocycles. The summed E-state index contributed by atoms with van der Waals surface area (Å²) >= 11 is 0. The average molecular weight is 349 g/mol. The van der Waals surface area contributed by atoms with Gasteiger partial charge < -0.3 is 14.9 Å². The third-order valence-electron chi connectivity index (χ3n) is 4.30. The van der Waals surface area contributed by atoms with Gasteiger partial charge in [0.15, 0.2) is 0 Å². The maximum absolute atomic E-state index is 12.6. The molecule has 1 aliphatic rings. The molecule has 0 bridgehead atoms. The molecule has 1 saturated heterocycles. The van der Waals surface area contributed by atoms with Gasteiger partial charge in [0, 0.05) is 32.4 Å². The molecule has 1 fully saturated rings. The molecule has 25 heavy (non-hydrogen) atoms. The Morgan fingerprint density at radius 3 is 2.64 bits per heavy atom. The van der Waals surface area contributed by atoms with Crippen molar-refractivity contribution in [2.24, 2.45) is 11.8 Å². The monoisotopic (exact) mass is 349 g/mol. The number of likely N-dealkylation sites (tertiary alicyclic amines) is 1. The number of carboxylic acids is 1. The first-order valence-corrected chi connectivity index (χ1v) is 8.12. The average Bonchev–Trinajstić information content (AvgIpc) is 3.22. The molecule has 0 aliphatic carbocycles. The first kappa shape index (κ1) is 18.6. The number of hydrogen-bond acceptors (Lipinski definition) is 5. The zero-order chi connectivity index (χ0) is 18.6. The van der Waals surface area contributed by atoms with Gasteiger partial charge in [0.1, 0.15) is 18.7 Å². The van der Waals surface area contributed by atoms with Gasteiger partial charge in [0.2, 0.25) is 11.8 Å². The fraction of sp³-hybridized carbons (Fsp3) is 0.562. The largest absolute Gasteiger partial charge is 0.480 e.